The first-order valence-electron chi connectivity index (χ1n) is 10.1. The summed E-state index contributed by atoms with van der Waals surface area (Å²) in [5.41, 5.74) is 3.44. The zero-order chi connectivity index (χ0) is 18.9. The van der Waals surface area contributed by atoms with Gasteiger partial charge in [-0.3, -0.25) is 9.69 Å². The van der Waals surface area contributed by atoms with Gasteiger partial charge < -0.3 is 14.4 Å². The summed E-state index contributed by atoms with van der Waals surface area (Å²) in [4.78, 5) is 16.7. The molecule has 5 heteroatoms. The summed E-state index contributed by atoms with van der Waals surface area (Å²) in [6.07, 6.45) is 5.24. The summed E-state index contributed by atoms with van der Waals surface area (Å²) in [7, 11) is 0. The van der Waals surface area contributed by atoms with E-state index in [9.17, 15) is 4.79 Å². The second kappa shape index (κ2) is 7.64. The molecule has 27 heavy (non-hydrogen) atoms. The molecule has 0 radical (unpaired) electrons. The lowest BCUT2D eigenvalue weighted by molar-refractivity contribution is -0.132. The number of benzene rings is 1. The molecule has 0 bridgehead atoms. The Balaban J connectivity index is 1.49. The molecule has 1 spiro atoms. The van der Waals surface area contributed by atoms with Crippen molar-refractivity contribution in [2.45, 2.75) is 45.3 Å². The van der Waals surface area contributed by atoms with Gasteiger partial charge in [0.2, 0.25) is 5.91 Å². The fourth-order valence-electron chi connectivity index (χ4n) is 4.41. The van der Waals surface area contributed by atoms with Gasteiger partial charge in [-0.2, -0.15) is 0 Å². The molecule has 4 rings (SSSR count). The number of ether oxygens (including phenoxy) is 2. The molecule has 3 aliphatic heterocycles. The fraction of sp³-hybridized carbons (Fsp3) is 0.591. The Kier molecular flexibility index (Phi) is 5.24. The molecule has 1 amide bonds. The first kappa shape index (κ1) is 18.5. The van der Waals surface area contributed by atoms with Gasteiger partial charge in [0.15, 0.2) is 0 Å². The lowest BCUT2D eigenvalue weighted by Gasteiger charge is -2.43. The van der Waals surface area contributed by atoms with Crippen molar-refractivity contribution in [2.75, 3.05) is 39.4 Å². The smallest absolute Gasteiger partial charge is 0.219 e. The maximum atomic E-state index is 12.2. The van der Waals surface area contributed by atoms with Crippen LogP contribution in [0, 0.1) is 6.92 Å². The van der Waals surface area contributed by atoms with Crippen LogP contribution in [0.4, 0.5) is 0 Å². The quantitative estimate of drug-likeness (QED) is 0.751. The maximum absolute atomic E-state index is 12.2. The highest BCUT2D eigenvalue weighted by Gasteiger charge is 2.41. The van der Waals surface area contributed by atoms with Crippen LogP contribution in [-0.2, 0) is 16.1 Å². The summed E-state index contributed by atoms with van der Waals surface area (Å²) in [5, 5.41) is 0. The van der Waals surface area contributed by atoms with E-state index in [-0.39, 0.29) is 11.5 Å². The topological polar surface area (TPSA) is 42.0 Å². The Bertz CT molecular complexity index is 735. The number of fused-ring (bicyclic) bond motifs is 1. The lowest BCUT2D eigenvalue weighted by atomic mass is 9.90. The van der Waals surface area contributed by atoms with Crippen LogP contribution in [0.25, 0.3) is 0 Å². The van der Waals surface area contributed by atoms with E-state index in [1.54, 1.807) is 6.92 Å². The predicted octanol–water partition coefficient (Wildman–Crippen LogP) is 2.92. The highest BCUT2D eigenvalue weighted by Crippen LogP contribution is 2.36. The average Bonchev–Trinajstić information content (AvgIpc) is 2.81. The lowest BCUT2D eigenvalue weighted by Crippen LogP contribution is -2.54. The number of hydrogen-bond donors (Lipinski definition) is 0. The largest absolute Gasteiger partial charge is 0.485 e. The molecule has 1 aromatic carbocycles. The molecule has 146 valence electrons. The van der Waals surface area contributed by atoms with Crippen LogP contribution in [0.5, 0.6) is 5.75 Å². The highest BCUT2D eigenvalue weighted by molar-refractivity contribution is 5.73. The highest BCUT2D eigenvalue weighted by atomic mass is 16.5. The molecular weight excluding hydrogens is 340 g/mol. The molecule has 5 nitrogen and oxygen atoms in total. The van der Waals surface area contributed by atoms with Gasteiger partial charge in [0, 0.05) is 51.5 Å². The van der Waals surface area contributed by atoms with E-state index < -0.39 is 0 Å². The van der Waals surface area contributed by atoms with Crippen LogP contribution >= 0.6 is 0 Å². The summed E-state index contributed by atoms with van der Waals surface area (Å²) >= 11 is 0. The van der Waals surface area contributed by atoms with Crippen LogP contribution in [0.1, 0.15) is 37.3 Å². The van der Waals surface area contributed by atoms with Crippen molar-refractivity contribution in [3.05, 3.63) is 41.0 Å². The van der Waals surface area contributed by atoms with Crippen LogP contribution < -0.4 is 4.74 Å². The van der Waals surface area contributed by atoms with Crippen molar-refractivity contribution in [3.8, 4) is 5.75 Å². The van der Waals surface area contributed by atoms with Crippen LogP contribution in [0.15, 0.2) is 29.8 Å². The number of amides is 1. The summed E-state index contributed by atoms with van der Waals surface area (Å²) < 4.78 is 12.2. The third-order valence-corrected chi connectivity index (χ3v) is 6.00. The SMILES string of the molecule is CC(=O)N1Cc2cc(C)ccc2OC2(CCN(CC3=CCCOC3)CC2)C1. The standard InChI is InChI=1S/C22H30N2O3/c1-17-5-6-21-20(12-17)14-24(18(2)25)16-22(27-21)7-9-23(10-8-22)13-19-4-3-11-26-15-19/h4-6,12H,3,7-11,13-16H2,1-2H3. The van der Waals surface area contributed by atoms with Gasteiger partial charge in [0.05, 0.1) is 19.8 Å². The third-order valence-electron chi connectivity index (χ3n) is 6.00. The second-order valence-electron chi connectivity index (χ2n) is 8.25. The molecule has 0 aromatic heterocycles. The van der Waals surface area contributed by atoms with Crippen LogP contribution in [-0.4, -0.2) is 60.7 Å². The minimum atomic E-state index is -0.278. The van der Waals surface area contributed by atoms with Gasteiger partial charge in [-0.15, -0.1) is 0 Å². The summed E-state index contributed by atoms with van der Waals surface area (Å²) in [5.74, 6) is 1.07. The predicted molar refractivity (Wildman–Crippen MR) is 105 cm³/mol. The van der Waals surface area contributed by atoms with Gasteiger partial charge in [0.25, 0.3) is 0 Å². The van der Waals surface area contributed by atoms with Gasteiger partial charge in [-0.05, 0) is 25.0 Å². The zero-order valence-electron chi connectivity index (χ0n) is 16.5. The van der Waals surface area contributed by atoms with E-state index in [4.69, 9.17) is 9.47 Å². The van der Waals surface area contributed by atoms with Gasteiger partial charge in [-0.1, -0.05) is 23.8 Å². The molecule has 1 saturated heterocycles. The molecule has 3 heterocycles. The molecule has 0 saturated carbocycles. The Morgan fingerprint density at radius 1 is 1.26 bits per heavy atom. The van der Waals surface area contributed by atoms with Gasteiger partial charge in [0.1, 0.15) is 11.4 Å². The Hall–Kier alpha value is -1.85. The number of carbonyl (C=O) groups is 1. The van der Waals surface area contributed by atoms with Crippen LogP contribution in [0.3, 0.4) is 0 Å². The Labute approximate surface area is 161 Å². The molecule has 0 N–H and O–H groups in total. The fourth-order valence-corrected chi connectivity index (χ4v) is 4.41. The van der Waals surface area contributed by atoms with E-state index in [0.717, 1.165) is 63.4 Å². The first-order valence-corrected chi connectivity index (χ1v) is 10.1. The van der Waals surface area contributed by atoms with E-state index in [0.29, 0.717) is 13.1 Å². The van der Waals surface area contributed by atoms with E-state index in [1.165, 1.54) is 11.1 Å². The Morgan fingerprint density at radius 3 is 2.78 bits per heavy atom. The van der Waals surface area contributed by atoms with E-state index >= 15 is 0 Å². The third kappa shape index (κ3) is 4.19. The summed E-state index contributed by atoms with van der Waals surface area (Å²) in [6, 6.07) is 6.32. The Morgan fingerprint density at radius 2 is 2.07 bits per heavy atom. The van der Waals surface area contributed by atoms with Crippen LogP contribution in [0.2, 0.25) is 0 Å². The average molecular weight is 370 g/mol. The van der Waals surface area contributed by atoms with E-state index in [1.807, 2.05) is 4.90 Å². The van der Waals surface area contributed by atoms with Crippen molar-refractivity contribution in [1.29, 1.82) is 0 Å². The molecule has 0 unspecified atom stereocenters. The molecule has 0 atom stereocenters. The number of carbonyl (C=O) groups excluding carboxylic acids is 1. The number of nitrogens with zero attached hydrogens (tertiary/aromatic N) is 2. The number of hydrogen-bond acceptors (Lipinski definition) is 4. The normalized spacial score (nSPS) is 22.6. The molecule has 1 aromatic rings. The first-order chi connectivity index (χ1) is 13.0. The number of rotatable bonds is 2. The van der Waals surface area contributed by atoms with Gasteiger partial charge >= 0.3 is 0 Å². The van der Waals surface area contributed by atoms with E-state index in [2.05, 4.69) is 36.1 Å². The molecule has 3 aliphatic rings. The number of aryl methyl sites for hydroxylation is 1. The van der Waals surface area contributed by atoms with Gasteiger partial charge in [-0.25, -0.2) is 0 Å². The molecular formula is C22H30N2O3. The summed E-state index contributed by atoms with van der Waals surface area (Å²) in [6.45, 7) is 9.65. The molecule has 0 aliphatic carbocycles. The molecule has 1 fully saturated rings. The number of piperidine rings is 1. The minimum Gasteiger partial charge on any atom is -0.485 e. The van der Waals surface area contributed by atoms with Crippen molar-refractivity contribution in [2.24, 2.45) is 0 Å². The van der Waals surface area contributed by atoms with Crippen molar-refractivity contribution >= 4 is 5.91 Å². The van der Waals surface area contributed by atoms with Crippen molar-refractivity contribution in [1.82, 2.24) is 9.80 Å². The van der Waals surface area contributed by atoms with Crippen molar-refractivity contribution in [3.63, 3.8) is 0 Å². The van der Waals surface area contributed by atoms with Crippen molar-refractivity contribution < 1.29 is 14.3 Å². The number of likely N-dealkylation sites (tertiary alicyclic amines) is 1. The monoisotopic (exact) mass is 370 g/mol. The maximum Gasteiger partial charge on any atom is 0.219 e. The minimum absolute atomic E-state index is 0.124. The zero-order valence-corrected chi connectivity index (χ0v) is 16.5. The second-order valence-corrected chi connectivity index (χ2v) is 8.25.